The highest BCUT2D eigenvalue weighted by molar-refractivity contribution is 9.10. The average molecular weight is 352 g/mol. The molecule has 0 aliphatic rings. The Morgan fingerprint density at radius 2 is 2.10 bits per heavy atom. The molecule has 0 bridgehead atoms. The molecule has 0 heterocycles. The lowest BCUT2D eigenvalue weighted by molar-refractivity contribution is 0.0691. The predicted octanol–water partition coefficient (Wildman–Crippen LogP) is 4.31. The van der Waals surface area contributed by atoms with Crippen LogP contribution < -0.4 is 0 Å². The fourth-order valence-corrected chi connectivity index (χ4v) is 3.11. The number of hydrogen-bond acceptors (Lipinski definition) is 3. The number of carboxylic acid groups (broad SMARTS) is 1. The Kier molecular flexibility index (Phi) is 4.42. The molecule has 0 radical (unpaired) electrons. The Morgan fingerprint density at radius 3 is 2.75 bits per heavy atom. The summed E-state index contributed by atoms with van der Waals surface area (Å²) in [5, 5.41) is 18.0. The van der Waals surface area contributed by atoms with Crippen LogP contribution in [0.2, 0.25) is 0 Å². The Hall–Kier alpha value is -1.84. The summed E-state index contributed by atoms with van der Waals surface area (Å²) in [4.78, 5) is 12.1. The van der Waals surface area contributed by atoms with E-state index in [1.54, 1.807) is 18.2 Å². The minimum Gasteiger partial charge on any atom is -0.478 e. The van der Waals surface area contributed by atoms with Crippen LogP contribution in [-0.2, 0) is 0 Å². The van der Waals surface area contributed by atoms with Crippen molar-refractivity contribution in [3.8, 4) is 6.07 Å². The first-order valence-electron chi connectivity index (χ1n) is 5.42. The van der Waals surface area contributed by atoms with Crippen LogP contribution in [0, 0.1) is 17.1 Å². The molecule has 0 spiro atoms. The first kappa shape index (κ1) is 14.6. The standard InChI is InChI=1S/C14H7BrFNO2S/c15-11-2-1-3-13(10(11)7-17)20-8-4-5-12(16)9(6-8)14(18)19/h1-6H,(H,18,19). The van der Waals surface area contributed by atoms with E-state index in [4.69, 9.17) is 10.4 Å². The Morgan fingerprint density at radius 1 is 1.35 bits per heavy atom. The van der Waals surface area contributed by atoms with Crippen LogP contribution in [0.25, 0.3) is 0 Å². The van der Waals surface area contributed by atoms with Crippen LogP contribution in [-0.4, -0.2) is 11.1 Å². The van der Waals surface area contributed by atoms with E-state index in [9.17, 15) is 9.18 Å². The maximum absolute atomic E-state index is 13.3. The van der Waals surface area contributed by atoms with E-state index in [-0.39, 0.29) is 5.56 Å². The van der Waals surface area contributed by atoms with Crippen molar-refractivity contribution < 1.29 is 14.3 Å². The van der Waals surface area contributed by atoms with Crippen molar-refractivity contribution in [1.82, 2.24) is 0 Å². The lowest BCUT2D eigenvalue weighted by Gasteiger charge is -2.06. The molecule has 0 atom stereocenters. The molecular formula is C14H7BrFNO2S. The molecule has 0 saturated heterocycles. The normalized spacial score (nSPS) is 10.1. The molecule has 0 aliphatic carbocycles. The summed E-state index contributed by atoms with van der Waals surface area (Å²) in [6.07, 6.45) is 0. The van der Waals surface area contributed by atoms with E-state index < -0.39 is 11.8 Å². The molecule has 0 aromatic heterocycles. The molecule has 6 heteroatoms. The fourth-order valence-electron chi connectivity index (χ4n) is 1.56. The van der Waals surface area contributed by atoms with Gasteiger partial charge in [-0.25, -0.2) is 9.18 Å². The lowest BCUT2D eigenvalue weighted by Crippen LogP contribution is -2.00. The summed E-state index contributed by atoms with van der Waals surface area (Å²) < 4.78 is 14.0. The van der Waals surface area contributed by atoms with Gasteiger partial charge in [0.2, 0.25) is 0 Å². The molecular weight excluding hydrogens is 345 g/mol. The second kappa shape index (κ2) is 6.07. The van der Waals surface area contributed by atoms with Crippen molar-refractivity contribution in [2.45, 2.75) is 9.79 Å². The first-order valence-corrected chi connectivity index (χ1v) is 7.03. The first-order chi connectivity index (χ1) is 9.52. The van der Waals surface area contributed by atoms with Gasteiger partial charge in [-0.15, -0.1) is 0 Å². The quantitative estimate of drug-likeness (QED) is 0.894. The minimum absolute atomic E-state index is 0.386. The predicted molar refractivity (Wildman–Crippen MR) is 76.3 cm³/mol. The van der Waals surface area contributed by atoms with Crippen LogP contribution in [0.3, 0.4) is 0 Å². The molecule has 0 aliphatic heterocycles. The van der Waals surface area contributed by atoms with E-state index in [0.717, 1.165) is 6.07 Å². The van der Waals surface area contributed by atoms with Crippen molar-refractivity contribution in [1.29, 1.82) is 5.26 Å². The van der Waals surface area contributed by atoms with Gasteiger partial charge in [-0.05, 0) is 46.3 Å². The number of halogens is 2. The molecule has 100 valence electrons. The van der Waals surface area contributed by atoms with Crippen LogP contribution in [0.1, 0.15) is 15.9 Å². The van der Waals surface area contributed by atoms with Gasteiger partial charge in [-0.2, -0.15) is 5.26 Å². The van der Waals surface area contributed by atoms with E-state index in [1.165, 1.54) is 23.9 Å². The van der Waals surface area contributed by atoms with Gasteiger partial charge in [0.1, 0.15) is 11.9 Å². The second-order valence-electron chi connectivity index (χ2n) is 3.77. The highest BCUT2D eigenvalue weighted by atomic mass is 79.9. The molecule has 0 unspecified atom stereocenters. The number of nitriles is 1. The van der Waals surface area contributed by atoms with Gasteiger partial charge in [-0.1, -0.05) is 17.8 Å². The maximum atomic E-state index is 13.3. The van der Waals surface area contributed by atoms with Crippen molar-refractivity contribution in [3.63, 3.8) is 0 Å². The van der Waals surface area contributed by atoms with E-state index >= 15 is 0 Å². The third kappa shape index (κ3) is 3.00. The van der Waals surface area contributed by atoms with Gasteiger partial charge in [0, 0.05) is 14.3 Å². The molecule has 20 heavy (non-hydrogen) atoms. The third-order valence-corrected chi connectivity index (χ3v) is 4.19. The van der Waals surface area contributed by atoms with Gasteiger partial charge in [0.25, 0.3) is 0 Å². The smallest absolute Gasteiger partial charge is 0.338 e. The molecule has 0 amide bonds. The van der Waals surface area contributed by atoms with Crippen LogP contribution >= 0.6 is 27.7 Å². The Bertz CT molecular complexity index is 728. The Labute approximate surface area is 127 Å². The summed E-state index contributed by atoms with van der Waals surface area (Å²) in [6, 6.07) is 11.2. The van der Waals surface area contributed by atoms with Crippen molar-refractivity contribution in [2.24, 2.45) is 0 Å². The van der Waals surface area contributed by atoms with Crippen molar-refractivity contribution in [3.05, 3.63) is 57.8 Å². The monoisotopic (exact) mass is 351 g/mol. The van der Waals surface area contributed by atoms with Gasteiger partial charge in [0.15, 0.2) is 0 Å². The largest absolute Gasteiger partial charge is 0.478 e. The summed E-state index contributed by atoms with van der Waals surface area (Å²) in [5.74, 6) is -2.10. The van der Waals surface area contributed by atoms with Gasteiger partial charge in [0.05, 0.1) is 11.1 Å². The molecule has 2 aromatic carbocycles. The number of hydrogen-bond donors (Lipinski definition) is 1. The number of nitrogens with zero attached hydrogens (tertiary/aromatic N) is 1. The number of benzene rings is 2. The fraction of sp³-hybridized carbons (Fsp3) is 0. The molecule has 0 saturated carbocycles. The number of carboxylic acids is 1. The SMILES string of the molecule is N#Cc1c(Br)cccc1Sc1ccc(F)c(C(=O)O)c1. The lowest BCUT2D eigenvalue weighted by atomic mass is 10.2. The zero-order chi connectivity index (χ0) is 14.7. The summed E-state index contributed by atoms with van der Waals surface area (Å²) in [7, 11) is 0. The van der Waals surface area contributed by atoms with Crippen LogP contribution in [0.4, 0.5) is 4.39 Å². The zero-order valence-corrected chi connectivity index (χ0v) is 12.3. The highest BCUT2D eigenvalue weighted by Crippen LogP contribution is 2.34. The van der Waals surface area contributed by atoms with Gasteiger partial charge < -0.3 is 5.11 Å². The van der Waals surface area contributed by atoms with Crippen LogP contribution in [0.5, 0.6) is 0 Å². The summed E-state index contributed by atoms with van der Waals surface area (Å²) in [5.41, 5.74) is 0.0715. The summed E-state index contributed by atoms with van der Waals surface area (Å²) >= 11 is 4.49. The zero-order valence-electron chi connectivity index (χ0n) is 9.93. The highest BCUT2D eigenvalue weighted by Gasteiger charge is 2.13. The molecule has 0 fully saturated rings. The van der Waals surface area contributed by atoms with E-state index in [0.29, 0.717) is 19.8 Å². The van der Waals surface area contributed by atoms with Crippen molar-refractivity contribution in [2.75, 3.05) is 0 Å². The minimum atomic E-state index is -1.32. The molecule has 3 nitrogen and oxygen atoms in total. The molecule has 1 N–H and O–H groups in total. The van der Waals surface area contributed by atoms with Crippen LogP contribution in [0.15, 0.2) is 50.7 Å². The maximum Gasteiger partial charge on any atom is 0.338 e. The summed E-state index contributed by atoms with van der Waals surface area (Å²) in [6.45, 7) is 0. The van der Waals surface area contributed by atoms with Gasteiger partial charge in [-0.3, -0.25) is 0 Å². The third-order valence-electron chi connectivity index (χ3n) is 2.48. The number of aromatic carboxylic acids is 1. The number of carbonyl (C=O) groups is 1. The van der Waals surface area contributed by atoms with Crippen molar-refractivity contribution >= 4 is 33.7 Å². The van der Waals surface area contributed by atoms with Gasteiger partial charge >= 0.3 is 5.97 Å². The second-order valence-corrected chi connectivity index (χ2v) is 5.74. The topological polar surface area (TPSA) is 61.1 Å². The number of rotatable bonds is 3. The van der Waals surface area contributed by atoms with E-state index in [2.05, 4.69) is 22.0 Å². The Balaban J connectivity index is 2.41. The van der Waals surface area contributed by atoms with E-state index in [1.807, 2.05) is 0 Å². The average Bonchev–Trinajstić information content (AvgIpc) is 2.41. The molecule has 2 aromatic rings. The molecule has 2 rings (SSSR count).